The largest absolute Gasteiger partial charge is 0.497 e. The predicted molar refractivity (Wildman–Crippen MR) is 59.2 cm³/mol. The molecule has 16 heavy (non-hydrogen) atoms. The number of nitrogens with two attached hydrogens (primary N) is 1. The molecule has 5 heteroatoms. The van der Waals surface area contributed by atoms with Gasteiger partial charge >= 0.3 is 0 Å². The fourth-order valence-electron chi connectivity index (χ4n) is 1.91. The minimum Gasteiger partial charge on any atom is -0.497 e. The van der Waals surface area contributed by atoms with E-state index in [1.54, 1.807) is 18.2 Å². The lowest BCUT2D eigenvalue weighted by Crippen LogP contribution is -2.36. The summed E-state index contributed by atoms with van der Waals surface area (Å²) < 4.78 is 5.06. The number of fused-ring (bicyclic) bond motifs is 1. The average molecular weight is 222 g/mol. The van der Waals surface area contributed by atoms with Gasteiger partial charge in [-0.25, -0.2) is 0 Å². The maximum absolute atomic E-state index is 11.7. The van der Waals surface area contributed by atoms with Gasteiger partial charge in [-0.2, -0.15) is 0 Å². The molecule has 0 aliphatic carbocycles. The van der Waals surface area contributed by atoms with E-state index in [4.69, 9.17) is 10.5 Å². The first kappa shape index (κ1) is 10.9. The van der Waals surface area contributed by atoms with Crippen molar-refractivity contribution in [1.82, 2.24) is 0 Å². The molecule has 0 spiro atoms. The van der Waals surface area contributed by atoms with E-state index in [0.717, 1.165) is 0 Å². The Kier molecular flexibility index (Phi) is 2.57. The highest BCUT2D eigenvalue weighted by atomic mass is 16.5. The van der Waals surface area contributed by atoms with Crippen LogP contribution < -0.4 is 15.8 Å². The zero-order chi connectivity index (χ0) is 11.8. The van der Waals surface area contributed by atoms with E-state index in [1.165, 1.54) is 7.11 Å². The summed E-state index contributed by atoms with van der Waals surface area (Å²) in [5.74, 6) is 0.173. The lowest BCUT2D eigenvalue weighted by atomic mass is 9.92. The number of carbonyl (C=O) groups excluding carboxylic acids is 1. The first-order valence-electron chi connectivity index (χ1n) is 5.04. The van der Waals surface area contributed by atoms with Gasteiger partial charge in [0.05, 0.1) is 7.11 Å². The maximum atomic E-state index is 11.7. The third-order valence-corrected chi connectivity index (χ3v) is 2.80. The molecule has 0 aromatic heterocycles. The normalized spacial score (nSPS) is 22.8. The average Bonchev–Trinajstić information content (AvgIpc) is 2.52. The summed E-state index contributed by atoms with van der Waals surface area (Å²) in [5.41, 5.74) is 5.03. The maximum Gasteiger partial charge on any atom is 0.261 e. The van der Waals surface area contributed by atoms with E-state index in [-0.39, 0.29) is 13.0 Å². The van der Waals surface area contributed by atoms with Crippen molar-refractivity contribution in [1.29, 1.82) is 0 Å². The van der Waals surface area contributed by atoms with E-state index in [2.05, 4.69) is 5.32 Å². The number of aliphatic hydroxyl groups is 1. The SMILES string of the molecule is COc1ccc2c(c1)C(O)(CCN)C(=O)N2. The fraction of sp³-hybridized carbons (Fsp3) is 0.364. The monoisotopic (exact) mass is 222 g/mol. The van der Waals surface area contributed by atoms with Crippen LogP contribution in [0.25, 0.3) is 0 Å². The molecular formula is C11H14N2O3. The molecule has 0 saturated carbocycles. The van der Waals surface area contributed by atoms with Crippen LogP contribution in [0, 0.1) is 0 Å². The van der Waals surface area contributed by atoms with Crippen molar-refractivity contribution in [3.63, 3.8) is 0 Å². The molecule has 1 aromatic rings. The van der Waals surface area contributed by atoms with Crippen LogP contribution in [0.1, 0.15) is 12.0 Å². The Morgan fingerprint density at radius 1 is 1.56 bits per heavy atom. The van der Waals surface area contributed by atoms with Gasteiger partial charge < -0.3 is 20.9 Å². The van der Waals surface area contributed by atoms with Gasteiger partial charge in [-0.15, -0.1) is 0 Å². The molecule has 1 atom stereocenters. The van der Waals surface area contributed by atoms with Gasteiger partial charge in [0.15, 0.2) is 5.60 Å². The molecule has 1 unspecified atom stereocenters. The van der Waals surface area contributed by atoms with Gasteiger partial charge in [-0.3, -0.25) is 4.79 Å². The summed E-state index contributed by atoms with van der Waals surface area (Å²) in [6.45, 7) is 0.237. The van der Waals surface area contributed by atoms with Gasteiger partial charge in [-0.05, 0) is 24.7 Å². The van der Waals surface area contributed by atoms with Gasteiger partial charge in [0.25, 0.3) is 5.91 Å². The second-order valence-electron chi connectivity index (χ2n) is 3.76. The molecule has 1 aliphatic rings. The molecular weight excluding hydrogens is 208 g/mol. The molecule has 0 saturated heterocycles. The first-order valence-corrected chi connectivity index (χ1v) is 5.04. The Morgan fingerprint density at radius 3 is 2.94 bits per heavy atom. The Hall–Kier alpha value is -1.59. The molecule has 1 heterocycles. The number of hydrogen-bond donors (Lipinski definition) is 3. The van der Waals surface area contributed by atoms with Crippen LogP contribution in [0.15, 0.2) is 18.2 Å². The minimum atomic E-state index is -1.53. The van der Waals surface area contributed by atoms with Gasteiger partial charge in [0.2, 0.25) is 0 Å². The standard InChI is InChI=1S/C11H14N2O3/c1-16-7-2-3-9-8(6-7)11(15,4-5-12)10(14)13-9/h2-3,6,15H,4-5,12H2,1H3,(H,13,14). The number of nitrogens with one attached hydrogen (secondary N) is 1. The smallest absolute Gasteiger partial charge is 0.261 e. The predicted octanol–water partition coefficient (Wildman–Crippen LogP) is 0.184. The van der Waals surface area contributed by atoms with E-state index in [9.17, 15) is 9.90 Å². The minimum absolute atomic E-state index is 0.193. The molecule has 5 nitrogen and oxygen atoms in total. The van der Waals surface area contributed by atoms with Crippen molar-refractivity contribution in [3.05, 3.63) is 23.8 Å². The summed E-state index contributed by atoms with van der Waals surface area (Å²) in [6.07, 6.45) is 0.193. The second-order valence-corrected chi connectivity index (χ2v) is 3.76. The van der Waals surface area contributed by atoms with Crippen LogP contribution in [0.2, 0.25) is 0 Å². The van der Waals surface area contributed by atoms with Crippen LogP contribution >= 0.6 is 0 Å². The van der Waals surface area contributed by atoms with Crippen molar-refractivity contribution in [2.75, 3.05) is 19.0 Å². The zero-order valence-electron chi connectivity index (χ0n) is 8.99. The molecule has 1 aromatic carbocycles. The summed E-state index contributed by atoms with van der Waals surface area (Å²) in [7, 11) is 1.54. The zero-order valence-corrected chi connectivity index (χ0v) is 8.99. The van der Waals surface area contributed by atoms with E-state index >= 15 is 0 Å². The summed E-state index contributed by atoms with van der Waals surface area (Å²) in [6, 6.07) is 5.09. The van der Waals surface area contributed by atoms with E-state index < -0.39 is 11.5 Å². The quantitative estimate of drug-likeness (QED) is 0.681. The highest BCUT2D eigenvalue weighted by Crippen LogP contribution is 2.39. The van der Waals surface area contributed by atoms with Crippen LogP contribution in [0.3, 0.4) is 0 Å². The lowest BCUT2D eigenvalue weighted by Gasteiger charge is -2.19. The third kappa shape index (κ3) is 1.45. The van der Waals surface area contributed by atoms with Crippen molar-refractivity contribution in [2.45, 2.75) is 12.0 Å². The van der Waals surface area contributed by atoms with Crippen LogP contribution in [-0.4, -0.2) is 24.7 Å². The second kappa shape index (κ2) is 3.77. The molecule has 0 radical (unpaired) electrons. The fourth-order valence-corrected chi connectivity index (χ4v) is 1.91. The molecule has 86 valence electrons. The van der Waals surface area contributed by atoms with Crippen molar-refractivity contribution >= 4 is 11.6 Å². The molecule has 4 N–H and O–H groups in total. The first-order chi connectivity index (χ1) is 7.61. The molecule has 2 rings (SSSR count). The van der Waals surface area contributed by atoms with Gasteiger partial charge in [0.1, 0.15) is 5.75 Å². The lowest BCUT2D eigenvalue weighted by molar-refractivity contribution is -0.134. The molecule has 1 amide bonds. The third-order valence-electron chi connectivity index (χ3n) is 2.80. The van der Waals surface area contributed by atoms with Crippen molar-refractivity contribution in [3.8, 4) is 5.75 Å². The summed E-state index contributed by atoms with van der Waals surface area (Å²) in [5, 5.41) is 12.9. The highest BCUT2D eigenvalue weighted by Gasteiger charge is 2.44. The number of anilines is 1. The topological polar surface area (TPSA) is 84.6 Å². The number of hydrogen-bond acceptors (Lipinski definition) is 4. The highest BCUT2D eigenvalue weighted by molar-refractivity contribution is 6.05. The van der Waals surface area contributed by atoms with Gasteiger partial charge in [-0.1, -0.05) is 0 Å². The molecule has 0 bridgehead atoms. The van der Waals surface area contributed by atoms with Crippen LogP contribution in [0.5, 0.6) is 5.75 Å². The van der Waals surface area contributed by atoms with Gasteiger partial charge in [0, 0.05) is 17.7 Å². The number of carbonyl (C=O) groups is 1. The van der Waals surface area contributed by atoms with Crippen molar-refractivity contribution < 1.29 is 14.6 Å². The van der Waals surface area contributed by atoms with Crippen molar-refractivity contribution in [2.24, 2.45) is 5.73 Å². The summed E-state index contributed by atoms with van der Waals surface area (Å²) >= 11 is 0. The number of ether oxygens (including phenoxy) is 1. The van der Waals surface area contributed by atoms with Crippen LogP contribution in [-0.2, 0) is 10.4 Å². The Balaban J connectivity index is 2.49. The number of benzene rings is 1. The Bertz CT molecular complexity index is 433. The Labute approximate surface area is 93.2 Å². The Morgan fingerprint density at radius 2 is 2.31 bits per heavy atom. The number of amides is 1. The van der Waals surface area contributed by atoms with E-state index in [0.29, 0.717) is 17.0 Å². The van der Waals surface area contributed by atoms with Crippen LogP contribution in [0.4, 0.5) is 5.69 Å². The molecule has 0 fully saturated rings. The number of rotatable bonds is 3. The summed E-state index contributed by atoms with van der Waals surface area (Å²) in [4.78, 5) is 11.7. The number of methoxy groups -OCH3 is 1. The van der Waals surface area contributed by atoms with E-state index in [1.807, 2.05) is 0 Å². The molecule has 1 aliphatic heterocycles.